The molecule has 0 saturated heterocycles. The Bertz CT molecular complexity index is 1230. The molecule has 0 radical (unpaired) electrons. The van der Waals surface area contributed by atoms with Crippen LogP contribution < -0.4 is 0 Å². The van der Waals surface area contributed by atoms with Crippen LogP contribution in [0.2, 0.25) is 0 Å². The summed E-state index contributed by atoms with van der Waals surface area (Å²) in [5, 5.41) is 19.9. The molecule has 0 aliphatic heterocycles. The topological polar surface area (TPSA) is 216 Å². The smallest absolute Gasteiger partial charge is 0.462 e. The fraction of sp³-hybridized carbons (Fsp3) is 0.762. The minimum atomic E-state index is -4.88. The number of hydrogen-bond acceptors (Lipinski definition) is 11. The Kier molecular flexibility index (Phi) is 36.7. The van der Waals surface area contributed by atoms with E-state index < -0.39 is 72.3 Å². The van der Waals surface area contributed by atoms with Crippen LogP contribution in [-0.4, -0.2) is 81.6 Å². The summed E-state index contributed by atoms with van der Waals surface area (Å²) in [6.07, 6.45) is 34.2. The Hall–Kier alpha value is -1.96. The van der Waals surface area contributed by atoms with Gasteiger partial charge >= 0.3 is 27.6 Å². The van der Waals surface area contributed by atoms with Gasteiger partial charge in [-0.05, 0) is 44.9 Å². The third kappa shape index (κ3) is 40.8. The lowest BCUT2D eigenvalue weighted by Crippen LogP contribution is -2.30. The van der Waals surface area contributed by atoms with E-state index in [1.165, 1.54) is 70.6 Å². The fourth-order valence-electron chi connectivity index (χ4n) is 5.48. The predicted molar refractivity (Wildman–Crippen MR) is 227 cm³/mol. The van der Waals surface area contributed by atoms with Gasteiger partial charge in [-0.1, -0.05) is 152 Å². The SMILES string of the molecule is CCCCC/C=C\C/C=C\CC(O)/C=C\C=C\CCCC(=O)OC[C@H](COP(=O)(O)OC[C@@H](O)COP(=O)(O)O)OC(=O)CCCCCCCCCCCCCCC. The number of allylic oxidation sites excluding steroid dienone is 6. The molecule has 16 heteroatoms. The first-order chi connectivity index (χ1) is 27.8. The number of aliphatic hydroxyl groups excluding tert-OH is 2. The molecule has 0 amide bonds. The second-order valence-corrected chi connectivity index (χ2v) is 17.2. The van der Waals surface area contributed by atoms with Crippen LogP contribution in [0.25, 0.3) is 0 Å². The van der Waals surface area contributed by atoms with Crippen molar-refractivity contribution in [2.45, 2.75) is 180 Å². The van der Waals surface area contributed by atoms with Crippen molar-refractivity contribution >= 4 is 27.6 Å². The van der Waals surface area contributed by atoms with Gasteiger partial charge in [-0.15, -0.1) is 0 Å². The molecule has 2 unspecified atom stereocenters. The van der Waals surface area contributed by atoms with E-state index in [2.05, 4.69) is 35.0 Å². The summed E-state index contributed by atoms with van der Waals surface area (Å²) in [6, 6.07) is 0. The van der Waals surface area contributed by atoms with Crippen molar-refractivity contribution in [3.63, 3.8) is 0 Å². The zero-order valence-electron chi connectivity index (χ0n) is 35.2. The molecule has 0 fully saturated rings. The molecule has 5 N–H and O–H groups in total. The zero-order chi connectivity index (χ0) is 43.2. The summed E-state index contributed by atoms with van der Waals surface area (Å²) >= 11 is 0. The Morgan fingerprint density at radius 2 is 1.10 bits per heavy atom. The summed E-state index contributed by atoms with van der Waals surface area (Å²) in [4.78, 5) is 52.6. The summed E-state index contributed by atoms with van der Waals surface area (Å²) in [5.41, 5.74) is 0. The van der Waals surface area contributed by atoms with E-state index in [1.807, 2.05) is 18.2 Å². The van der Waals surface area contributed by atoms with E-state index in [1.54, 1.807) is 18.2 Å². The van der Waals surface area contributed by atoms with Gasteiger partial charge in [0.05, 0.1) is 25.9 Å². The van der Waals surface area contributed by atoms with Crippen LogP contribution in [-0.2, 0) is 41.8 Å². The average Bonchev–Trinajstić information content (AvgIpc) is 3.17. The molecule has 0 bridgehead atoms. The van der Waals surface area contributed by atoms with Crippen molar-refractivity contribution in [2.24, 2.45) is 0 Å². The highest BCUT2D eigenvalue weighted by molar-refractivity contribution is 7.47. The second-order valence-electron chi connectivity index (χ2n) is 14.5. The summed E-state index contributed by atoms with van der Waals surface area (Å²) in [7, 11) is -9.71. The fourth-order valence-corrected chi connectivity index (χ4v) is 6.63. The molecule has 0 heterocycles. The number of aliphatic hydroxyl groups is 2. The van der Waals surface area contributed by atoms with Gasteiger partial charge in [0, 0.05) is 12.8 Å². The average molecular weight is 867 g/mol. The van der Waals surface area contributed by atoms with E-state index in [0.717, 1.165) is 38.5 Å². The number of carbonyl (C=O) groups excluding carboxylic acids is 2. The zero-order valence-corrected chi connectivity index (χ0v) is 37.0. The number of rotatable bonds is 40. The number of phosphoric acid groups is 2. The molecule has 14 nitrogen and oxygen atoms in total. The van der Waals surface area contributed by atoms with Crippen LogP contribution in [0.15, 0.2) is 48.6 Å². The Labute approximate surface area is 348 Å². The van der Waals surface area contributed by atoms with Gasteiger partial charge in [0.1, 0.15) is 12.7 Å². The first-order valence-electron chi connectivity index (χ1n) is 21.4. The molecule has 0 aliphatic carbocycles. The molecule has 0 saturated carbocycles. The predicted octanol–water partition coefficient (Wildman–Crippen LogP) is 9.64. The van der Waals surface area contributed by atoms with Gasteiger partial charge in [0.2, 0.25) is 0 Å². The lowest BCUT2D eigenvalue weighted by Gasteiger charge is -2.20. The van der Waals surface area contributed by atoms with E-state index >= 15 is 0 Å². The first kappa shape index (κ1) is 56.0. The Balaban J connectivity index is 4.69. The van der Waals surface area contributed by atoms with Crippen molar-refractivity contribution in [1.29, 1.82) is 0 Å². The largest absolute Gasteiger partial charge is 0.472 e. The highest BCUT2D eigenvalue weighted by atomic mass is 31.2. The summed E-state index contributed by atoms with van der Waals surface area (Å²) < 4.78 is 47.6. The first-order valence-corrected chi connectivity index (χ1v) is 24.5. The van der Waals surface area contributed by atoms with E-state index in [9.17, 15) is 33.8 Å². The van der Waals surface area contributed by atoms with E-state index in [0.29, 0.717) is 25.7 Å². The van der Waals surface area contributed by atoms with Gasteiger partial charge in [-0.3, -0.25) is 23.2 Å². The van der Waals surface area contributed by atoms with Gasteiger partial charge in [0.15, 0.2) is 6.10 Å². The van der Waals surface area contributed by atoms with Gasteiger partial charge in [-0.25, -0.2) is 9.13 Å². The number of carbonyl (C=O) groups is 2. The molecular weight excluding hydrogens is 790 g/mol. The molecule has 4 atom stereocenters. The second kappa shape index (κ2) is 38.0. The molecule has 0 aromatic heterocycles. The van der Waals surface area contributed by atoms with Crippen LogP contribution in [0.5, 0.6) is 0 Å². The van der Waals surface area contributed by atoms with Crippen LogP contribution >= 0.6 is 15.6 Å². The number of unbranched alkanes of at least 4 members (excludes halogenated alkanes) is 16. The molecule has 0 aliphatic rings. The third-order valence-electron chi connectivity index (χ3n) is 8.79. The normalized spacial score (nSPS) is 15.1. The van der Waals surface area contributed by atoms with Gasteiger partial charge in [-0.2, -0.15) is 0 Å². The highest BCUT2D eigenvalue weighted by Crippen LogP contribution is 2.43. The van der Waals surface area contributed by atoms with Crippen molar-refractivity contribution in [3.8, 4) is 0 Å². The third-order valence-corrected chi connectivity index (χ3v) is 10.2. The minimum Gasteiger partial charge on any atom is -0.462 e. The number of hydrogen-bond donors (Lipinski definition) is 5. The molecule has 0 spiro atoms. The van der Waals surface area contributed by atoms with Crippen molar-refractivity contribution in [2.75, 3.05) is 26.4 Å². The number of phosphoric ester groups is 2. The van der Waals surface area contributed by atoms with Crippen LogP contribution in [0.4, 0.5) is 0 Å². The van der Waals surface area contributed by atoms with Crippen molar-refractivity contribution < 1.29 is 66.7 Å². The maximum absolute atomic E-state index is 12.6. The molecule has 338 valence electrons. The quantitative estimate of drug-likeness (QED) is 0.0127. The van der Waals surface area contributed by atoms with Crippen molar-refractivity contribution in [3.05, 3.63) is 48.6 Å². The maximum Gasteiger partial charge on any atom is 0.472 e. The molecular formula is C42H76O14P2. The lowest BCUT2D eigenvalue weighted by atomic mass is 10.0. The molecule has 0 rings (SSSR count). The molecule has 58 heavy (non-hydrogen) atoms. The Morgan fingerprint density at radius 3 is 1.74 bits per heavy atom. The minimum absolute atomic E-state index is 0.0607. The van der Waals surface area contributed by atoms with E-state index in [4.69, 9.17) is 23.8 Å². The summed E-state index contributed by atoms with van der Waals surface area (Å²) in [6.45, 7) is 1.56. The standard InChI is InChI=1S/C42H76O14P2/c1-3-5-7-9-11-13-14-15-16-18-20-24-29-33-42(46)56-40(37-55-58(50,51)54-35-39(44)34-53-57(47,48)49)36-52-41(45)32-28-25-21-23-27-31-38(43)30-26-22-19-17-12-10-8-6-4-2/h12,17,21-23,26-27,31,38-40,43-44H,3-11,13-16,18-20,24-25,28-30,32-37H2,1-2H3,(H,50,51)(H2,47,48,49)/b17-12-,23-21+,26-22-,31-27-/t38?,39-,40+/m0/s1. The van der Waals surface area contributed by atoms with Crippen molar-refractivity contribution in [1.82, 2.24) is 0 Å². The monoisotopic (exact) mass is 866 g/mol. The number of esters is 2. The maximum atomic E-state index is 12.6. The molecule has 0 aromatic carbocycles. The summed E-state index contributed by atoms with van der Waals surface area (Å²) in [5.74, 6) is -1.16. The highest BCUT2D eigenvalue weighted by Gasteiger charge is 2.28. The number of ether oxygens (including phenoxy) is 2. The van der Waals surface area contributed by atoms with Gasteiger partial charge in [0.25, 0.3) is 0 Å². The lowest BCUT2D eigenvalue weighted by molar-refractivity contribution is -0.161. The van der Waals surface area contributed by atoms with Crippen LogP contribution in [0, 0.1) is 0 Å². The Morgan fingerprint density at radius 1 is 0.569 bits per heavy atom. The van der Waals surface area contributed by atoms with E-state index in [-0.39, 0.29) is 12.8 Å². The van der Waals surface area contributed by atoms with Gasteiger partial charge < -0.3 is 34.4 Å². The molecule has 0 aromatic rings. The van der Waals surface area contributed by atoms with Crippen LogP contribution in [0.3, 0.4) is 0 Å². The van der Waals surface area contributed by atoms with Crippen LogP contribution in [0.1, 0.15) is 162 Å².